The minimum absolute atomic E-state index is 0.191. The van der Waals surface area contributed by atoms with Crippen LogP contribution in [-0.4, -0.2) is 18.5 Å². The second-order valence-corrected chi connectivity index (χ2v) is 5.93. The number of hydrogen-bond donors (Lipinski definition) is 2. The van der Waals surface area contributed by atoms with E-state index < -0.39 is 0 Å². The number of carbonyl (C=O) groups excluding carboxylic acids is 1. The van der Waals surface area contributed by atoms with Crippen LogP contribution in [0, 0.1) is 12.8 Å². The molecule has 2 N–H and O–H groups in total. The largest absolute Gasteiger partial charge is 0.355 e. The summed E-state index contributed by atoms with van der Waals surface area (Å²) in [5, 5.41) is 6.72. The first-order valence-electron chi connectivity index (χ1n) is 7.31. The van der Waals surface area contributed by atoms with Crippen LogP contribution in [0.2, 0.25) is 0 Å². The van der Waals surface area contributed by atoms with E-state index in [-0.39, 0.29) is 5.91 Å². The van der Waals surface area contributed by atoms with E-state index >= 15 is 0 Å². The first-order chi connectivity index (χ1) is 9.22. The van der Waals surface area contributed by atoms with Crippen LogP contribution in [-0.2, 0) is 4.79 Å². The van der Waals surface area contributed by atoms with Crippen LogP contribution in [0.5, 0.6) is 0 Å². The molecule has 2 fully saturated rings. The molecule has 1 aromatic carbocycles. The number of piperidine rings is 1. The summed E-state index contributed by atoms with van der Waals surface area (Å²) in [6, 6.07) is 9.74. The molecule has 3 heteroatoms. The molecule has 0 spiro atoms. The maximum atomic E-state index is 11.2. The van der Waals surface area contributed by atoms with Crippen molar-refractivity contribution in [2.75, 3.05) is 6.54 Å². The van der Waals surface area contributed by atoms with Gasteiger partial charge in [-0.3, -0.25) is 4.79 Å². The normalized spacial score (nSPS) is 24.9. The average molecular weight is 258 g/mol. The summed E-state index contributed by atoms with van der Waals surface area (Å²) in [5.41, 5.74) is 2.70. The van der Waals surface area contributed by atoms with Gasteiger partial charge in [0, 0.05) is 25.0 Å². The Bertz CT molecular complexity index is 440. The lowest BCUT2D eigenvalue weighted by molar-refractivity contribution is -0.122. The highest BCUT2D eigenvalue weighted by atomic mass is 16.1. The third kappa shape index (κ3) is 3.16. The van der Waals surface area contributed by atoms with E-state index in [0.29, 0.717) is 18.5 Å². The number of aryl methyl sites for hydroxylation is 1. The van der Waals surface area contributed by atoms with Crippen molar-refractivity contribution in [1.82, 2.24) is 10.6 Å². The maximum Gasteiger partial charge on any atom is 0.220 e. The topological polar surface area (TPSA) is 41.1 Å². The molecule has 2 unspecified atom stereocenters. The van der Waals surface area contributed by atoms with Gasteiger partial charge in [-0.15, -0.1) is 0 Å². The molecule has 3 nitrogen and oxygen atoms in total. The first kappa shape index (κ1) is 12.7. The van der Waals surface area contributed by atoms with Gasteiger partial charge in [0.2, 0.25) is 5.91 Å². The summed E-state index contributed by atoms with van der Waals surface area (Å²) >= 11 is 0. The molecule has 19 heavy (non-hydrogen) atoms. The Kier molecular flexibility index (Phi) is 3.56. The zero-order valence-corrected chi connectivity index (χ0v) is 11.5. The number of benzene rings is 1. The van der Waals surface area contributed by atoms with E-state index in [9.17, 15) is 4.79 Å². The van der Waals surface area contributed by atoms with Crippen molar-refractivity contribution in [2.24, 2.45) is 5.92 Å². The van der Waals surface area contributed by atoms with E-state index in [1.807, 2.05) is 0 Å². The number of nitrogens with one attached hydrogen (secondary N) is 2. The molecule has 3 rings (SSSR count). The van der Waals surface area contributed by atoms with Gasteiger partial charge in [-0.2, -0.15) is 0 Å². The Hall–Kier alpha value is -1.35. The molecule has 1 aromatic rings. The highest BCUT2D eigenvalue weighted by Gasteiger charge is 2.34. The molecule has 1 heterocycles. The maximum absolute atomic E-state index is 11.2. The molecule has 2 aliphatic rings. The molecule has 1 aliphatic heterocycles. The van der Waals surface area contributed by atoms with E-state index in [4.69, 9.17) is 0 Å². The summed E-state index contributed by atoms with van der Waals surface area (Å²) in [6.45, 7) is 2.90. The lowest BCUT2D eigenvalue weighted by Crippen LogP contribution is -2.47. The quantitative estimate of drug-likeness (QED) is 0.870. The predicted octanol–water partition coefficient (Wildman–Crippen LogP) is 2.31. The van der Waals surface area contributed by atoms with Crippen LogP contribution in [0.3, 0.4) is 0 Å². The van der Waals surface area contributed by atoms with E-state index in [1.54, 1.807) is 0 Å². The lowest BCUT2D eigenvalue weighted by atomic mass is 9.98. The Morgan fingerprint density at radius 2 is 1.95 bits per heavy atom. The van der Waals surface area contributed by atoms with Gasteiger partial charge in [0.25, 0.3) is 0 Å². The van der Waals surface area contributed by atoms with E-state index in [0.717, 1.165) is 18.9 Å². The SMILES string of the molecule is Cc1ccc(C(NC2CCC(=O)NC2)C2CC2)cc1. The third-order valence-corrected chi connectivity index (χ3v) is 4.21. The first-order valence-corrected chi connectivity index (χ1v) is 7.31. The van der Waals surface area contributed by atoms with Crippen LogP contribution in [0.4, 0.5) is 0 Å². The van der Waals surface area contributed by atoms with Crippen molar-refractivity contribution in [3.63, 3.8) is 0 Å². The van der Waals surface area contributed by atoms with Crippen LogP contribution >= 0.6 is 0 Å². The minimum atomic E-state index is 0.191. The lowest BCUT2D eigenvalue weighted by Gasteiger charge is -2.29. The monoisotopic (exact) mass is 258 g/mol. The molecule has 2 atom stereocenters. The highest BCUT2D eigenvalue weighted by Crippen LogP contribution is 2.41. The summed E-state index contributed by atoms with van der Waals surface area (Å²) < 4.78 is 0. The van der Waals surface area contributed by atoms with Crippen molar-refractivity contribution >= 4 is 5.91 Å². The number of rotatable bonds is 4. The zero-order valence-electron chi connectivity index (χ0n) is 11.5. The van der Waals surface area contributed by atoms with Gasteiger partial charge in [-0.05, 0) is 37.7 Å². The van der Waals surface area contributed by atoms with Gasteiger partial charge >= 0.3 is 0 Å². The van der Waals surface area contributed by atoms with Crippen molar-refractivity contribution in [2.45, 2.75) is 44.7 Å². The summed E-state index contributed by atoms with van der Waals surface area (Å²) in [7, 11) is 0. The third-order valence-electron chi connectivity index (χ3n) is 4.21. The summed E-state index contributed by atoms with van der Waals surface area (Å²) in [5.74, 6) is 0.969. The second-order valence-electron chi connectivity index (χ2n) is 5.93. The highest BCUT2D eigenvalue weighted by molar-refractivity contribution is 5.76. The van der Waals surface area contributed by atoms with Gasteiger partial charge in [-0.25, -0.2) is 0 Å². The van der Waals surface area contributed by atoms with Crippen molar-refractivity contribution in [3.8, 4) is 0 Å². The van der Waals surface area contributed by atoms with Crippen molar-refractivity contribution in [3.05, 3.63) is 35.4 Å². The van der Waals surface area contributed by atoms with Crippen molar-refractivity contribution < 1.29 is 4.79 Å². The Morgan fingerprint density at radius 1 is 1.21 bits per heavy atom. The van der Waals surface area contributed by atoms with Gasteiger partial charge in [0.15, 0.2) is 0 Å². The van der Waals surface area contributed by atoms with Crippen LogP contribution in [0.15, 0.2) is 24.3 Å². The van der Waals surface area contributed by atoms with Crippen molar-refractivity contribution in [1.29, 1.82) is 0 Å². The zero-order chi connectivity index (χ0) is 13.2. The molecular formula is C16H22N2O. The molecule has 1 amide bonds. The van der Waals surface area contributed by atoms with Gasteiger partial charge in [-0.1, -0.05) is 29.8 Å². The molecule has 0 bridgehead atoms. The van der Waals surface area contributed by atoms with Crippen LogP contribution in [0.1, 0.15) is 42.9 Å². The van der Waals surface area contributed by atoms with E-state index in [1.165, 1.54) is 24.0 Å². The van der Waals surface area contributed by atoms with Gasteiger partial charge in [0.1, 0.15) is 0 Å². The van der Waals surface area contributed by atoms with Gasteiger partial charge < -0.3 is 10.6 Å². The van der Waals surface area contributed by atoms with E-state index in [2.05, 4.69) is 41.8 Å². The number of amides is 1. The molecule has 0 radical (unpaired) electrons. The molecule has 0 aromatic heterocycles. The second kappa shape index (κ2) is 5.33. The fraction of sp³-hybridized carbons (Fsp3) is 0.562. The summed E-state index contributed by atoms with van der Waals surface area (Å²) in [4.78, 5) is 11.2. The Labute approximate surface area is 114 Å². The van der Waals surface area contributed by atoms with Gasteiger partial charge in [0.05, 0.1) is 0 Å². The minimum Gasteiger partial charge on any atom is -0.355 e. The fourth-order valence-corrected chi connectivity index (χ4v) is 2.84. The smallest absolute Gasteiger partial charge is 0.220 e. The average Bonchev–Trinajstić information content (AvgIpc) is 3.24. The molecular weight excluding hydrogens is 236 g/mol. The van der Waals surface area contributed by atoms with Crippen LogP contribution in [0.25, 0.3) is 0 Å². The molecule has 102 valence electrons. The Balaban J connectivity index is 1.67. The standard InChI is InChI=1S/C16H22N2O/c1-11-2-4-12(5-3-11)16(13-6-7-13)18-14-8-9-15(19)17-10-14/h2-5,13-14,16,18H,6-10H2,1H3,(H,17,19). The molecule has 1 saturated heterocycles. The Morgan fingerprint density at radius 3 is 2.53 bits per heavy atom. The fourth-order valence-electron chi connectivity index (χ4n) is 2.84. The number of carbonyl (C=O) groups is 1. The predicted molar refractivity (Wildman–Crippen MR) is 75.8 cm³/mol. The molecule has 1 saturated carbocycles. The molecule has 1 aliphatic carbocycles. The van der Waals surface area contributed by atoms with Crippen LogP contribution < -0.4 is 10.6 Å². The summed E-state index contributed by atoms with van der Waals surface area (Å²) in [6.07, 6.45) is 4.26. The number of hydrogen-bond acceptors (Lipinski definition) is 2.